The molecule has 2 aliphatic carbocycles. The smallest absolute Gasteiger partial charge is 0.0854 e. The van der Waals surface area contributed by atoms with Crippen molar-refractivity contribution in [1.29, 1.82) is 0 Å². The maximum atomic E-state index is 10.1. The predicted octanol–water partition coefficient (Wildman–Crippen LogP) is 1.33. The third kappa shape index (κ3) is 3.14. The molecule has 1 aromatic rings. The first-order valence-corrected chi connectivity index (χ1v) is 7.82. The van der Waals surface area contributed by atoms with Crippen LogP contribution in [0, 0.1) is 17.8 Å². The second kappa shape index (κ2) is 6.44. The third-order valence-corrected chi connectivity index (χ3v) is 5.12. The van der Waals surface area contributed by atoms with Gasteiger partial charge in [-0.2, -0.15) is 0 Å². The largest absolute Gasteiger partial charge is 0.393 e. The number of fused-ring (bicyclic) bond motifs is 1. The van der Waals surface area contributed by atoms with Gasteiger partial charge < -0.3 is 20.1 Å². The number of aliphatic hydroxyl groups excluding tert-OH is 3. The van der Waals surface area contributed by atoms with E-state index in [0.29, 0.717) is 32.0 Å². The van der Waals surface area contributed by atoms with Crippen molar-refractivity contribution in [2.75, 3.05) is 6.61 Å². The van der Waals surface area contributed by atoms with Crippen molar-refractivity contribution in [3.8, 4) is 0 Å². The monoisotopic (exact) mass is 292 g/mol. The zero-order chi connectivity index (χ0) is 14.8. The summed E-state index contributed by atoms with van der Waals surface area (Å²) in [6.45, 7) is 1.21. The van der Waals surface area contributed by atoms with Crippen molar-refractivity contribution in [3.63, 3.8) is 0 Å². The molecule has 0 aromatic heterocycles. The topological polar surface area (TPSA) is 69.9 Å². The van der Waals surface area contributed by atoms with Gasteiger partial charge in [-0.3, -0.25) is 0 Å². The fourth-order valence-corrected chi connectivity index (χ4v) is 4.01. The molecular weight excluding hydrogens is 268 g/mol. The Hall–Kier alpha value is -0.940. The zero-order valence-corrected chi connectivity index (χ0v) is 12.1. The molecule has 4 heteroatoms. The molecule has 2 fully saturated rings. The van der Waals surface area contributed by atoms with Crippen LogP contribution in [-0.2, 0) is 11.3 Å². The van der Waals surface area contributed by atoms with Crippen LogP contribution >= 0.6 is 0 Å². The Morgan fingerprint density at radius 1 is 1.00 bits per heavy atom. The summed E-state index contributed by atoms with van der Waals surface area (Å²) in [4.78, 5) is 0. The number of hydrogen-bond acceptors (Lipinski definition) is 4. The van der Waals surface area contributed by atoms with Crippen LogP contribution in [0.3, 0.4) is 0 Å². The maximum Gasteiger partial charge on any atom is 0.0854 e. The predicted molar refractivity (Wildman–Crippen MR) is 78.4 cm³/mol. The SMILES string of the molecule is O[C@@H]1CC[C@H](COCc2ccccc2)C2C[C@@H](O)[C@@H](O)C21. The lowest BCUT2D eigenvalue weighted by Gasteiger charge is -2.38. The lowest BCUT2D eigenvalue weighted by atomic mass is 9.72. The van der Waals surface area contributed by atoms with E-state index in [1.165, 1.54) is 0 Å². The molecule has 0 saturated heterocycles. The molecule has 0 amide bonds. The van der Waals surface area contributed by atoms with Gasteiger partial charge in [0, 0.05) is 5.92 Å². The van der Waals surface area contributed by atoms with Gasteiger partial charge in [0.05, 0.1) is 31.5 Å². The van der Waals surface area contributed by atoms with Crippen LogP contribution in [0.25, 0.3) is 0 Å². The Labute approximate surface area is 125 Å². The molecule has 0 spiro atoms. The number of hydrogen-bond donors (Lipinski definition) is 3. The molecular formula is C17H24O4. The highest BCUT2D eigenvalue weighted by molar-refractivity contribution is 5.13. The number of ether oxygens (including phenoxy) is 1. The third-order valence-electron chi connectivity index (χ3n) is 5.12. The standard InChI is InChI=1S/C17H24O4/c18-14-7-6-12(13-8-15(19)17(20)16(13)14)10-21-9-11-4-2-1-3-5-11/h1-5,12-20H,6-10H2/t12-,13?,14-,15-,16?,17-/m1/s1. The number of rotatable bonds is 4. The molecule has 0 aliphatic heterocycles. The molecule has 2 unspecified atom stereocenters. The highest BCUT2D eigenvalue weighted by atomic mass is 16.5. The first-order valence-electron chi connectivity index (χ1n) is 7.82. The van der Waals surface area contributed by atoms with E-state index < -0.39 is 18.3 Å². The van der Waals surface area contributed by atoms with Crippen LogP contribution in [0.2, 0.25) is 0 Å². The van der Waals surface area contributed by atoms with Gasteiger partial charge in [0.1, 0.15) is 0 Å². The summed E-state index contributed by atoms with van der Waals surface area (Å²) in [6, 6.07) is 10.1. The van der Waals surface area contributed by atoms with Crippen molar-refractivity contribution in [2.45, 2.75) is 44.2 Å². The van der Waals surface area contributed by atoms with E-state index in [1.54, 1.807) is 0 Å². The summed E-state index contributed by atoms with van der Waals surface area (Å²) >= 11 is 0. The van der Waals surface area contributed by atoms with Gasteiger partial charge in [-0.1, -0.05) is 30.3 Å². The minimum absolute atomic E-state index is 0.162. The summed E-state index contributed by atoms with van der Waals surface area (Å²) in [5.74, 6) is 0.280. The first-order chi connectivity index (χ1) is 10.2. The van der Waals surface area contributed by atoms with E-state index in [4.69, 9.17) is 4.74 Å². The van der Waals surface area contributed by atoms with Crippen LogP contribution in [-0.4, -0.2) is 40.2 Å². The number of aliphatic hydroxyl groups is 3. The molecule has 21 heavy (non-hydrogen) atoms. The van der Waals surface area contributed by atoms with Crippen molar-refractivity contribution in [1.82, 2.24) is 0 Å². The Bertz CT molecular complexity index is 449. The average Bonchev–Trinajstić information content (AvgIpc) is 2.79. The lowest BCUT2D eigenvalue weighted by molar-refractivity contribution is -0.0641. The van der Waals surface area contributed by atoms with Crippen LogP contribution in [0.15, 0.2) is 30.3 Å². The second-order valence-corrected chi connectivity index (χ2v) is 6.44. The van der Waals surface area contributed by atoms with Gasteiger partial charge in [-0.15, -0.1) is 0 Å². The fourth-order valence-electron chi connectivity index (χ4n) is 4.01. The van der Waals surface area contributed by atoms with E-state index in [-0.39, 0.29) is 11.8 Å². The van der Waals surface area contributed by atoms with Gasteiger partial charge in [0.15, 0.2) is 0 Å². The van der Waals surface area contributed by atoms with Crippen molar-refractivity contribution >= 4 is 0 Å². The summed E-state index contributed by atoms with van der Waals surface area (Å²) in [7, 11) is 0. The lowest BCUT2D eigenvalue weighted by Crippen LogP contribution is -2.41. The van der Waals surface area contributed by atoms with Crippen LogP contribution in [0.4, 0.5) is 0 Å². The Balaban J connectivity index is 1.56. The van der Waals surface area contributed by atoms with Gasteiger partial charge in [0.2, 0.25) is 0 Å². The highest BCUT2D eigenvalue weighted by Gasteiger charge is 2.50. The molecule has 3 N–H and O–H groups in total. The van der Waals surface area contributed by atoms with Gasteiger partial charge in [-0.05, 0) is 36.7 Å². The van der Waals surface area contributed by atoms with Crippen molar-refractivity contribution < 1.29 is 20.1 Å². The molecule has 6 atom stereocenters. The van der Waals surface area contributed by atoms with E-state index >= 15 is 0 Å². The minimum atomic E-state index is -0.790. The summed E-state index contributed by atoms with van der Waals surface area (Å²) in [5, 5.41) is 30.0. The molecule has 0 bridgehead atoms. The Kier molecular flexibility index (Phi) is 4.60. The second-order valence-electron chi connectivity index (χ2n) is 6.44. The summed E-state index contributed by atoms with van der Waals surface area (Å²) in [6.07, 6.45) is 0.169. The molecule has 3 rings (SSSR count). The Morgan fingerprint density at radius 2 is 1.76 bits per heavy atom. The molecule has 1 aromatic carbocycles. The van der Waals surface area contributed by atoms with Crippen LogP contribution < -0.4 is 0 Å². The molecule has 0 heterocycles. The van der Waals surface area contributed by atoms with Crippen molar-refractivity contribution in [2.24, 2.45) is 17.8 Å². The maximum absolute atomic E-state index is 10.1. The van der Waals surface area contributed by atoms with Crippen LogP contribution in [0.1, 0.15) is 24.8 Å². The summed E-state index contributed by atoms with van der Waals surface area (Å²) in [5.41, 5.74) is 1.15. The van der Waals surface area contributed by atoms with Gasteiger partial charge in [-0.25, -0.2) is 0 Å². The van der Waals surface area contributed by atoms with E-state index in [9.17, 15) is 15.3 Å². The molecule has 2 saturated carbocycles. The van der Waals surface area contributed by atoms with E-state index in [0.717, 1.165) is 12.0 Å². The highest BCUT2D eigenvalue weighted by Crippen LogP contribution is 2.45. The average molecular weight is 292 g/mol. The van der Waals surface area contributed by atoms with E-state index in [2.05, 4.69) is 0 Å². The van der Waals surface area contributed by atoms with Gasteiger partial charge in [0.25, 0.3) is 0 Å². The zero-order valence-electron chi connectivity index (χ0n) is 12.1. The molecule has 0 radical (unpaired) electrons. The molecule has 116 valence electrons. The minimum Gasteiger partial charge on any atom is -0.393 e. The van der Waals surface area contributed by atoms with Crippen molar-refractivity contribution in [3.05, 3.63) is 35.9 Å². The van der Waals surface area contributed by atoms with E-state index in [1.807, 2.05) is 30.3 Å². The van der Waals surface area contributed by atoms with Gasteiger partial charge >= 0.3 is 0 Å². The first kappa shape index (κ1) is 15.0. The quantitative estimate of drug-likeness (QED) is 0.783. The van der Waals surface area contributed by atoms with Crippen LogP contribution in [0.5, 0.6) is 0 Å². The Morgan fingerprint density at radius 3 is 2.52 bits per heavy atom. The molecule has 4 nitrogen and oxygen atoms in total. The number of benzene rings is 1. The molecule has 2 aliphatic rings. The fraction of sp³-hybridized carbons (Fsp3) is 0.647. The summed E-state index contributed by atoms with van der Waals surface area (Å²) < 4.78 is 5.83. The normalized spacial score (nSPS) is 39.2.